The van der Waals surface area contributed by atoms with E-state index in [9.17, 15) is 0 Å². The van der Waals surface area contributed by atoms with E-state index in [2.05, 4.69) is 0 Å². The zero-order valence-corrected chi connectivity index (χ0v) is 23.6. The normalized spacial score (nSPS) is 14.3. The van der Waals surface area contributed by atoms with Gasteiger partial charge in [-0.2, -0.15) is 0 Å². The van der Waals surface area contributed by atoms with Gasteiger partial charge in [0.1, 0.15) is 0 Å². The summed E-state index contributed by atoms with van der Waals surface area (Å²) >= 11 is 23.9. The van der Waals surface area contributed by atoms with Gasteiger partial charge in [0.15, 0.2) is 5.69 Å². The molecule has 0 saturated heterocycles. The van der Waals surface area contributed by atoms with Crippen LogP contribution < -0.4 is 4.57 Å². The molecule has 0 saturated carbocycles. The average Bonchev–Trinajstić information content (AvgIpc) is 2.59. The SMILES string of the molecule is CCn1c(C)[n+](C)c(=S)n1-c1c(Cl)cc(Cl)cc1Cl.[Cl][Sb-]([Cl])([Cl])([Cl])([Cl])[Cl]. The third-order valence-electron chi connectivity index (χ3n) is 3.06. The second-order valence-electron chi connectivity index (χ2n) is 5.09. The molecule has 0 aliphatic carbocycles. The number of hydrogen-bond donors (Lipinski definition) is 0. The van der Waals surface area contributed by atoms with Crippen molar-refractivity contribution < 1.29 is 4.57 Å². The second-order valence-corrected chi connectivity index (χ2v) is 63.6. The van der Waals surface area contributed by atoms with Crippen molar-refractivity contribution in [2.75, 3.05) is 0 Å². The molecule has 1 aromatic carbocycles. The zero-order valence-electron chi connectivity index (χ0n) is 13.5. The van der Waals surface area contributed by atoms with Gasteiger partial charge in [-0.25, -0.2) is 4.57 Å². The van der Waals surface area contributed by atoms with Gasteiger partial charge in [-0.15, -0.1) is 4.68 Å². The predicted octanol–water partition coefficient (Wildman–Crippen LogP) is 7.88. The number of benzene rings is 1. The van der Waals surface area contributed by atoms with Crippen LogP contribution in [0.5, 0.6) is 0 Å². The molecule has 3 nitrogen and oxygen atoms in total. The molecule has 0 aliphatic rings. The minimum atomic E-state index is -5.42. The zero-order chi connectivity index (χ0) is 20.7. The number of hydrogen-bond acceptors (Lipinski definition) is 1. The number of halogens is 9. The first-order chi connectivity index (χ1) is 11.3. The van der Waals surface area contributed by atoms with Crippen LogP contribution in [0.1, 0.15) is 12.7 Å². The Morgan fingerprint density at radius 1 is 1.00 bits per heavy atom. The van der Waals surface area contributed by atoms with Crippen molar-refractivity contribution in [2.45, 2.75) is 20.4 Å². The average molecular weight is 672 g/mol. The third kappa shape index (κ3) is 8.40. The molecular formula is C12H13Cl9N3SSb. The quantitative estimate of drug-likeness (QED) is 0.180. The van der Waals surface area contributed by atoms with Crippen LogP contribution in [0.2, 0.25) is 15.1 Å². The molecule has 0 atom stereocenters. The van der Waals surface area contributed by atoms with Crippen LogP contribution in [0.15, 0.2) is 12.1 Å². The number of nitrogens with zero attached hydrogens (tertiary/aromatic N) is 3. The second kappa shape index (κ2) is 8.27. The van der Waals surface area contributed by atoms with Crippen LogP contribution in [0.4, 0.5) is 0 Å². The summed E-state index contributed by atoms with van der Waals surface area (Å²) in [5.74, 6) is 1.02. The van der Waals surface area contributed by atoms with Crippen LogP contribution >= 0.6 is 100.0 Å². The van der Waals surface area contributed by atoms with E-state index in [-0.39, 0.29) is 0 Å². The summed E-state index contributed by atoms with van der Waals surface area (Å²) in [6.45, 7) is 4.79. The summed E-state index contributed by atoms with van der Waals surface area (Å²) < 4.78 is 6.40. The van der Waals surface area contributed by atoms with Crippen LogP contribution in [0.3, 0.4) is 0 Å². The Morgan fingerprint density at radius 3 is 1.73 bits per heavy atom. The van der Waals surface area contributed by atoms with Gasteiger partial charge in [0, 0.05) is 11.9 Å². The van der Waals surface area contributed by atoms with Crippen molar-refractivity contribution in [1.82, 2.24) is 9.36 Å². The van der Waals surface area contributed by atoms with E-state index in [4.69, 9.17) is 100.0 Å². The van der Waals surface area contributed by atoms with Crippen molar-refractivity contribution in [1.29, 1.82) is 0 Å². The molecule has 0 N–H and O–H groups in total. The van der Waals surface area contributed by atoms with Crippen molar-refractivity contribution in [3.63, 3.8) is 0 Å². The van der Waals surface area contributed by atoms with Crippen molar-refractivity contribution in [2.24, 2.45) is 7.05 Å². The van der Waals surface area contributed by atoms with Crippen LogP contribution in [0.25, 0.3) is 5.69 Å². The Bertz CT molecular complexity index is 865. The Labute approximate surface area is 191 Å². The topological polar surface area (TPSA) is 13.7 Å². The monoisotopic (exact) mass is 667 g/mol. The van der Waals surface area contributed by atoms with Gasteiger partial charge in [0.05, 0.1) is 23.6 Å². The molecule has 0 aliphatic heterocycles. The van der Waals surface area contributed by atoms with E-state index in [1.807, 2.05) is 34.8 Å². The van der Waals surface area contributed by atoms with Crippen molar-refractivity contribution in [3.05, 3.63) is 37.8 Å². The van der Waals surface area contributed by atoms with Gasteiger partial charge in [-0.3, -0.25) is 0 Å². The molecule has 0 fully saturated rings. The van der Waals surface area contributed by atoms with Gasteiger partial charge in [0.2, 0.25) is 5.82 Å². The van der Waals surface area contributed by atoms with E-state index < -0.39 is 9.14 Å². The fraction of sp³-hybridized carbons (Fsp3) is 0.333. The van der Waals surface area contributed by atoms with Crippen LogP contribution in [-0.2, 0) is 13.6 Å². The van der Waals surface area contributed by atoms with E-state index >= 15 is 0 Å². The molecule has 2 rings (SSSR count). The van der Waals surface area contributed by atoms with Crippen LogP contribution in [-0.4, -0.2) is 18.5 Å². The summed E-state index contributed by atoms with van der Waals surface area (Å²) in [6, 6.07) is 3.32. The summed E-state index contributed by atoms with van der Waals surface area (Å²) in [5, 5.41) is 1.45. The van der Waals surface area contributed by atoms with E-state index in [0.717, 1.165) is 12.4 Å². The van der Waals surface area contributed by atoms with Gasteiger partial charge >= 0.3 is 66.9 Å². The molecule has 150 valence electrons. The predicted molar refractivity (Wildman–Crippen MR) is 122 cm³/mol. The molecule has 1 aromatic heterocycles. The molecule has 1 heterocycles. The van der Waals surface area contributed by atoms with E-state index in [1.54, 1.807) is 12.1 Å². The molecule has 0 bridgehead atoms. The summed E-state index contributed by atoms with van der Waals surface area (Å²) in [5.41, 5.74) is 0.656. The van der Waals surface area contributed by atoms with Crippen molar-refractivity contribution in [3.8, 4) is 5.69 Å². The molecule has 0 unspecified atom stereocenters. The Balaban J connectivity index is 0.000000412. The molecular weight excluding hydrogens is 659 g/mol. The molecule has 14 heteroatoms. The minimum absolute atomic E-state index is 0.474. The fourth-order valence-electron chi connectivity index (χ4n) is 2.03. The molecule has 0 amide bonds. The maximum atomic E-state index is 6.27. The Kier molecular flexibility index (Phi) is 8.28. The van der Waals surface area contributed by atoms with Gasteiger partial charge < -0.3 is 0 Å². The van der Waals surface area contributed by atoms with Crippen molar-refractivity contribution >= 4 is 109 Å². The van der Waals surface area contributed by atoms with Gasteiger partial charge in [-0.1, -0.05) is 39.5 Å². The molecule has 0 spiro atoms. The number of rotatable bonds is 2. The van der Waals surface area contributed by atoms with Gasteiger partial charge in [0.25, 0.3) is 0 Å². The van der Waals surface area contributed by atoms with Gasteiger partial charge in [-0.05, 0) is 31.3 Å². The van der Waals surface area contributed by atoms with Crippen LogP contribution in [0, 0.1) is 11.7 Å². The summed E-state index contributed by atoms with van der Waals surface area (Å²) in [7, 11) is 26.9. The first-order valence-electron chi connectivity index (χ1n) is 6.73. The Hall–Kier alpha value is 2.01. The van der Waals surface area contributed by atoms with E-state index in [0.29, 0.717) is 25.5 Å². The molecule has 0 radical (unpaired) electrons. The maximum absolute atomic E-state index is 6.27. The molecule has 2 aromatic rings. The number of aromatic nitrogens is 3. The first kappa shape index (κ1) is 26.0. The fourth-order valence-corrected chi connectivity index (χ4v) is 3.32. The third-order valence-corrected chi connectivity index (χ3v) is 4.30. The standard InChI is InChI=1S/C12H13Cl3N3S.6ClH.Sb/c1-4-17-7(2)16(3)12(19)18(17)11-9(14)5-8(13)6-10(11)15;;;;;;;/h5-6H,4H2,1-3H3;6*1H;/q+1;;;;;;;+5/p-6. The Morgan fingerprint density at radius 2 is 1.38 bits per heavy atom. The summed E-state index contributed by atoms with van der Waals surface area (Å²) in [4.78, 5) is 0. The molecule has 26 heavy (non-hydrogen) atoms. The van der Waals surface area contributed by atoms with E-state index in [1.165, 1.54) is 0 Å². The summed E-state index contributed by atoms with van der Waals surface area (Å²) in [6.07, 6.45) is 0. The first-order valence-corrected chi connectivity index (χ1v) is 27.7.